The minimum atomic E-state index is -0.183. The lowest BCUT2D eigenvalue weighted by molar-refractivity contribution is 0.649. The first-order valence-corrected chi connectivity index (χ1v) is 7.79. The van der Waals surface area contributed by atoms with Crippen LogP contribution in [0.25, 0.3) is 22.2 Å². The number of H-pyrrole nitrogens is 1. The minimum absolute atomic E-state index is 0.183. The third kappa shape index (κ3) is 2.40. The van der Waals surface area contributed by atoms with Gasteiger partial charge in [-0.1, -0.05) is 60.7 Å². The normalized spacial score (nSPS) is 11.0. The van der Waals surface area contributed by atoms with Crippen molar-refractivity contribution in [2.75, 3.05) is 0 Å². The highest BCUT2D eigenvalue weighted by Gasteiger charge is 2.17. The third-order valence-electron chi connectivity index (χ3n) is 4.06. The molecule has 0 aliphatic rings. The zero-order valence-electron chi connectivity index (χ0n) is 13.2. The first-order chi connectivity index (χ1) is 11.7. The quantitative estimate of drug-likeness (QED) is 0.631. The summed E-state index contributed by atoms with van der Waals surface area (Å²) < 4.78 is 1.49. The Balaban J connectivity index is 1.96. The second kappa shape index (κ2) is 5.77. The van der Waals surface area contributed by atoms with Crippen LogP contribution in [0.5, 0.6) is 0 Å². The van der Waals surface area contributed by atoms with Crippen molar-refractivity contribution in [1.29, 1.82) is 0 Å². The molecule has 0 spiro atoms. The van der Waals surface area contributed by atoms with Crippen LogP contribution in [0.4, 0.5) is 0 Å². The van der Waals surface area contributed by atoms with Crippen LogP contribution in [0.2, 0.25) is 0 Å². The van der Waals surface area contributed by atoms with Crippen molar-refractivity contribution in [3.63, 3.8) is 0 Å². The highest BCUT2D eigenvalue weighted by molar-refractivity contribution is 5.93. The molecule has 0 aliphatic carbocycles. The fraction of sp³-hybridized carbons (Fsp3) is 0.105. The maximum absolute atomic E-state index is 12.7. The Morgan fingerprint density at radius 2 is 1.67 bits per heavy atom. The second-order valence-electron chi connectivity index (χ2n) is 5.74. The predicted molar refractivity (Wildman–Crippen MR) is 93.9 cm³/mol. The molecule has 0 saturated heterocycles. The molecule has 0 unspecified atom stereocenters. The maximum Gasteiger partial charge on any atom is 0.295 e. The van der Waals surface area contributed by atoms with Gasteiger partial charge >= 0.3 is 0 Å². The number of nitrogens with zero attached hydrogens (tertiary/aromatic N) is 3. The summed E-state index contributed by atoms with van der Waals surface area (Å²) >= 11 is 0. The Kier molecular flexibility index (Phi) is 3.46. The number of fused-ring (bicyclic) bond motifs is 1. The molecule has 4 aromatic rings. The van der Waals surface area contributed by atoms with Gasteiger partial charge in [-0.3, -0.25) is 9.89 Å². The van der Waals surface area contributed by atoms with Gasteiger partial charge in [-0.15, -0.1) is 0 Å². The van der Waals surface area contributed by atoms with Crippen LogP contribution in [0.1, 0.15) is 11.3 Å². The molecule has 2 heterocycles. The number of hydrogen-bond donors (Lipinski definition) is 1. The Hall–Kier alpha value is -3.21. The van der Waals surface area contributed by atoms with E-state index in [4.69, 9.17) is 0 Å². The van der Waals surface area contributed by atoms with Crippen molar-refractivity contribution < 1.29 is 0 Å². The van der Waals surface area contributed by atoms with Crippen LogP contribution in [0, 0.1) is 6.92 Å². The summed E-state index contributed by atoms with van der Waals surface area (Å²) in [6.07, 6.45) is 0. The van der Waals surface area contributed by atoms with Gasteiger partial charge in [0.2, 0.25) is 0 Å². The lowest BCUT2D eigenvalue weighted by Gasteiger charge is -2.09. The molecule has 0 bridgehead atoms. The smallest absolute Gasteiger partial charge is 0.281 e. The van der Waals surface area contributed by atoms with Crippen molar-refractivity contribution in [3.8, 4) is 11.3 Å². The first-order valence-electron chi connectivity index (χ1n) is 7.79. The average Bonchev–Trinajstić information content (AvgIpc) is 3.01. The molecule has 1 N–H and O–H groups in total. The fourth-order valence-electron chi connectivity index (χ4n) is 2.87. The van der Waals surface area contributed by atoms with E-state index in [1.54, 1.807) is 0 Å². The standard InChI is InChI=1S/C19H16N4O/c1-13-16-17(15-10-6-3-7-11-15)22-23(19(24)18(16)21-20-13)12-14-8-4-2-5-9-14/h2-11H,12H2,1H3,(H,20,21). The Morgan fingerprint density at radius 3 is 2.38 bits per heavy atom. The maximum atomic E-state index is 12.7. The van der Waals surface area contributed by atoms with E-state index in [9.17, 15) is 4.79 Å². The van der Waals surface area contributed by atoms with Crippen molar-refractivity contribution in [1.82, 2.24) is 20.0 Å². The van der Waals surface area contributed by atoms with Crippen LogP contribution in [-0.4, -0.2) is 20.0 Å². The molecule has 2 aromatic carbocycles. The van der Waals surface area contributed by atoms with E-state index in [2.05, 4.69) is 15.3 Å². The van der Waals surface area contributed by atoms with E-state index >= 15 is 0 Å². The molecule has 0 aliphatic heterocycles. The van der Waals surface area contributed by atoms with Gasteiger partial charge in [0.15, 0.2) is 5.52 Å². The lowest BCUT2D eigenvalue weighted by atomic mass is 10.1. The van der Waals surface area contributed by atoms with Crippen LogP contribution in [0.3, 0.4) is 0 Å². The fourth-order valence-corrected chi connectivity index (χ4v) is 2.87. The summed E-state index contributed by atoms with van der Waals surface area (Å²) in [5, 5.41) is 12.6. The summed E-state index contributed by atoms with van der Waals surface area (Å²) in [7, 11) is 0. The van der Waals surface area contributed by atoms with Crippen molar-refractivity contribution in [2.24, 2.45) is 0 Å². The molecule has 5 nitrogen and oxygen atoms in total. The molecular formula is C19H16N4O. The SMILES string of the molecule is Cc1[nH]nc2c(=O)n(Cc3ccccc3)nc(-c3ccccc3)c12. The van der Waals surface area contributed by atoms with Gasteiger partial charge in [0.1, 0.15) is 5.69 Å². The van der Waals surface area contributed by atoms with Gasteiger partial charge in [-0.05, 0) is 12.5 Å². The van der Waals surface area contributed by atoms with Crippen LogP contribution < -0.4 is 5.56 Å². The number of nitrogens with one attached hydrogen (secondary N) is 1. The van der Waals surface area contributed by atoms with Gasteiger partial charge in [0.05, 0.1) is 11.9 Å². The molecule has 0 radical (unpaired) electrons. The summed E-state index contributed by atoms with van der Waals surface area (Å²) in [6, 6.07) is 19.7. The van der Waals surface area contributed by atoms with Crippen molar-refractivity contribution in [3.05, 3.63) is 82.3 Å². The van der Waals surface area contributed by atoms with E-state index < -0.39 is 0 Å². The Morgan fingerprint density at radius 1 is 1.00 bits per heavy atom. The van der Waals surface area contributed by atoms with Gasteiger partial charge in [0.25, 0.3) is 5.56 Å². The van der Waals surface area contributed by atoms with Crippen molar-refractivity contribution in [2.45, 2.75) is 13.5 Å². The van der Waals surface area contributed by atoms with E-state index in [0.29, 0.717) is 12.1 Å². The summed E-state index contributed by atoms with van der Waals surface area (Å²) in [4.78, 5) is 12.7. The number of rotatable bonds is 3. The first kappa shape index (κ1) is 14.4. The van der Waals surface area contributed by atoms with Gasteiger partial charge in [-0.2, -0.15) is 10.2 Å². The lowest BCUT2D eigenvalue weighted by Crippen LogP contribution is -2.24. The zero-order chi connectivity index (χ0) is 16.5. The molecule has 5 heteroatoms. The molecule has 2 aromatic heterocycles. The number of aromatic amines is 1. The monoisotopic (exact) mass is 316 g/mol. The number of aromatic nitrogens is 4. The molecule has 0 amide bonds. The van der Waals surface area contributed by atoms with E-state index in [0.717, 1.165) is 27.9 Å². The van der Waals surface area contributed by atoms with Gasteiger partial charge in [-0.25, -0.2) is 4.68 Å². The molecule has 0 fully saturated rings. The van der Waals surface area contributed by atoms with Crippen LogP contribution in [0.15, 0.2) is 65.5 Å². The highest BCUT2D eigenvalue weighted by Crippen LogP contribution is 2.25. The van der Waals surface area contributed by atoms with E-state index in [1.165, 1.54) is 4.68 Å². The summed E-state index contributed by atoms with van der Waals surface area (Å²) in [5.74, 6) is 0. The van der Waals surface area contributed by atoms with Crippen LogP contribution in [-0.2, 0) is 6.54 Å². The zero-order valence-corrected chi connectivity index (χ0v) is 13.2. The Labute approximate surface area is 138 Å². The predicted octanol–water partition coefficient (Wildman–Crippen LogP) is 3.14. The molecule has 24 heavy (non-hydrogen) atoms. The van der Waals surface area contributed by atoms with Gasteiger partial charge < -0.3 is 0 Å². The molecule has 118 valence electrons. The van der Waals surface area contributed by atoms with E-state index in [-0.39, 0.29) is 5.56 Å². The topological polar surface area (TPSA) is 63.6 Å². The minimum Gasteiger partial charge on any atom is -0.281 e. The van der Waals surface area contributed by atoms with Crippen molar-refractivity contribution >= 4 is 10.9 Å². The number of hydrogen-bond acceptors (Lipinski definition) is 3. The molecule has 0 atom stereocenters. The van der Waals surface area contributed by atoms with E-state index in [1.807, 2.05) is 67.6 Å². The summed E-state index contributed by atoms with van der Waals surface area (Å²) in [5.41, 5.74) is 3.86. The number of aryl methyl sites for hydroxylation is 1. The highest BCUT2D eigenvalue weighted by atomic mass is 16.1. The largest absolute Gasteiger partial charge is 0.295 e. The van der Waals surface area contributed by atoms with Gasteiger partial charge in [0, 0.05) is 11.3 Å². The van der Waals surface area contributed by atoms with Crippen LogP contribution >= 0.6 is 0 Å². The molecular weight excluding hydrogens is 300 g/mol. The average molecular weight is 316 g/mol. The molecule has 4 rings (SSSR count). The Bertz CT molecular complexity index is 1050. The third-order valence-corrected chi connectivity index (χ3v) is 4.06. The second-order valence-corrected chi connectivity index (χ2v) is 5.74. The number of benzene rings is 2. The molecule has 0 saturated carbocycles. The summed E-state index contributed by atoms with van der Waals surface area (Å²) in [6.45, 7) is 2.33.